The second-order valence-electron chi connectivity index (χ2n) is 10.2. The summed E-state index contributed by atoms with van der Waals surface area (Å²) in [6.45, 7) is 5.72. The summed E-state index contributed by atoms with van der Waals surface area (Å²) in [4.78, 5) is 36.9. The van der Waals surface area contributed by atoms with E-state index in [-0.39, 0.29) is 28.8 Å². The molecule has 1 aliphatic rings. The van der Waals surface area contributed by atoms with Crippen LogP contribution in [-0.4, -0.2) is 79.2 Å². The van der Waals surface area contributed by atoms with E-state index in [1.54, 1.807) is 29.2 Å². The fraction of sp³-hybridized carbons (Fsp3) is 0.355. The Kier molecular flexibility index (Phi) is 10.8. The van der Waals surface area contributed by atoms with Crippen LogP contribution >= 0.6 is 0 Å². The van der Waals surface area contributed by atoms with Gasteiger partial charge in [0.1, 0.15) is 23.3 Å². The Morgan fingerprint density at radius 3 is 2.33 bits per heavy atom. The van der Waals surface area contributed by atoms with Crippen LogP contribution in [0.4, 0.5) is 26.6 Å². The van der Waals surface area contributed by atoms with Gasteiger partial charge in [0.25, 0.3) is 10.0 Å². The molecule has 2 aromatic carbocycles. The van der Waals surface area contributed by atoms with Gasteiger partial charge in [0.05, 0.1) is 17.6 Å². The molecule has 1 atom stereocenters. The summed E-state index contributed by atoms with van der Waals surface area (Å²) < 4.78 is 47.2. The smallest absolute Gasteiger partial charge is 0.415 e. The van der Waals surface area contributed by atoms with Crippen LogP contribution in [0.3, 0.4) is 0 Å². The number of ether oxygens (including phenoxy) is 1. The van der Waals surface area contributed by atoms with E-state index in [0.29, 0.717) is 37.5 Å². The number of hydrogen-bond acceptors (Lipinski definition) is 9. The van der Waals surface area contributed by atoms with Crippen molar-refractivity contribution >= 4 is 39.5 Å². The minimum atomic E-state index is -4.34. The molecular formula is C31H35FN6O6S. The molecule has 4 rings (SSSR count). The van der Waals surface area contributed by atoms with Crippen molar-refractivity contribution in [3.8, 4) is 18.1 Å². The number of carboxylic acids is 1. The summed E-state index contributed by atoms with van der Waals surface area (Å²) in [7, 11) is -4.34. The Balaban J connectivity index is 1.66. The number of nitrogens with one attached hydrogen (secondary N) is 1. The van der Waals surface area contributed by atoms with E-state index in [2.05, 4.69) is 21.2 Å². The standard InChI is InChI=1S/C31H35FN6O6S/c1-4-17-38(45(42,43)25-15-11-23(32)12-16-25)27-21-33-30(36(5-2)6-3)35-28(27)34-26(29(39)40)20-22-9-13-24(14-10-22)44-31(41)37-18-7-8-19-37/h1,9-16,21,26H,5-8,17-20H2,2-3H3,(H,39,40)(H,33,34,35)/t26-/m0/s1. The molecule has 0 aliphatic carbocycles. The molecule has 0 unspecified atom stereocenters. The number of carbonyl (C=O) groups is 2. The molecular weight excluding hydrogens is 603 g/mol. The molecule has 3 aromatic rings. The highest BCUT2D eigenvalue weighted by Gasteiger charge is 2.30. The van der Waals surface area contributed by atoms with E-state index >= 15 is 0 Å². The minimum Gasteiger partial charge on any atom is -0.480 e. The summed E-state index contributed by atoms with van der Waals surface area (Å²) >= 11 is 0. The zero-order valence-corrected chi connectivity index (χ0v) is 25.8. The average Bonchev–Trinajstić information content (AvgIpc) is 3.57. The second-order valence-corrected chi connectivity index (χ2v) is 12.1. The molecule has 0 radical (unpaired) electrons. The van der Waals surface area contributed by atoms with Crippen LogP contribution in [0.5, 0.6) is 5.75 Å². The van der Waals surface area contributed by atoms with E-state index in [4.69, 9.17) is 11.2 Å². The number of aromatic nitrogens is 2. The first-order chi connectivity index (χ1) is 21.6. The quantitative estimate of drug-likeness (QED) is 0.264. The van der Waals surface area contributed by atoms with Gasteiger partial charge >= 0.3 is 12.1 Å². The number of carboxylic acid groups (broad SMARTS) is 1. The number of rotatable bonds is 13. The van der Waals surface area contributed by atoms with Crippen molar-refractivity contribution < 1.29 is 32.2 Å². The third-order valence-corrected chi connectivity index (χ3v) is 9.02. The van der Waals surface area contributed by atoms with Gasteiger partial charge in [-0.1, -0.05) is 18.1 Å². The first kappa shape index (κ1) is 33.0. The number of anilines is 3. The van der Waals surface area contributed by atoms with Crippen molar-refractivity contribution in [2.24, 2.45) is 0 Å². The van der Waals surface area contributed by atoms with E-state index in [0.717, 1.165) is 41.4 Å². The highest BCUT2D eigenvalue weighted by Crippen LogP contribution is 2.31. The number of aliphatic carboxylic acids is 1. The van der Waals surface area contributed by atoms with Crippen molar-refractivity contribution in [3.05, 3.63) is 66.1 Å². The van der Waals surface area contributed by atoms with Crippen LogP contribution in [0.15, 0.2) is 59.6 Å². The molecule has 1 fully saturated rings. The molecule has 1 saturated heterocycles. The Bertz CT molecular complexity index is 1640. The summed E-state index contributed by atoms with van der Waals surface area (Å²) in [6, 6.07) is 9.45. The normalized spacial score (nSPS) is 13.5. The average molecular weight is 639 g/mol. The SMILES string of the molecule is C#CCN(c1cnc(N(CC)CC)nc1N[C@@H](Cc1ccc(OC(=O)N2CCCC2)cc1)C(=O)O)S(=O)(=O)c1ccc(F)cc1. The summed E-state index contributed by atoms with van der Waals surface area (Å²) in [5.74, 6) is 0.980. The van der Waals surface area contributed by atoms with Gasteiger partial charge in [-0.05, 0) is 68.7 Å². The highest BCUT2D eigenvalue weighted by molar-refractivity contribution is 7.92. The van der Waals surface area contributed by atoms with E-state index in [1.165, 1.54) is 6.20 Å². The zero-order chi connectivity index (χ0) is 32.6. The number of halogens is 1. The van der Waals surface area contributed by atoms with Crippen LogP contribution < -0.4 is 19.3 Å². The monoisotopic (exact) mass is 638 g/mol. The third-order valence-electron chi connectivity index (χ3n) is 7.25. The fourth-order valence-electron chi connectivity index (χ4n) is 4.79. The topological polar surface area (TPSA) is 145 Å². The van der Waals surface area contributed by atoms with Crippen LogP contribution in [-0.2, 0) is 21.2 Å². The zero-order valence-electron chi connectivity index (χ0n) is 25.0. The number of amides is 1. The first-order valence-corrected chi connectivity index (χ1v) is 15.9. The molecule has 1 amide bonds. The maximum absolute atomic E-state index is 13.7. The molecule has 2 N–H and O–H groups in total. The molecule has 1 aliphatic heterocycles. The lowest BCUT2D eigenvalue weighted by atomic mass is 10.1. The van der Waals surface area contributed by atoms with Gasteiger partial charge in [-0.25, -0.2) is 31.7 Å². The molecule has 14 heteroatoms. The second kappa shape index (κ2) is 14.7. The molecule has 0 spiro atoms. The molecule has 45 heavy (non-hydrogen) atoms. The van der Waals surface area contributed by atoms with Crippen LogP contribution in [0.2, 0.25) is 0 Å². The fourth-order valence-corrected chi connectivity index (χ4v) is 6.16. The summed E-state index contributed by atoms with van der Waals surface area (Å²) in [5, 5.41) is 13.1. The molecule has 2 heterocycles. The first-order valence-electron chi connectivity index (χ1n) is 14.5. The highest BCUT2D eigenvalue weighted by atomic mass is 32.2. The van der Waals surface area contributed by atoms with E-state index in [1.807, 2.05) is 18.7 Å². The van der Waals surface area contributed by atoms with Crippen LogP contribution in [0, 0.1) is 18.2 Å². The van der Waals surface area contributed by atoms with Gasteiger partial charge in [0.2, 0.25) is 5.95 Å². The van der Waals surface area contributed by atoms with E-state index in [9.17, 15) is 27.5 Å². The predicted molar refractivity (Wildman–Crippen MR) is 167 cm³/mol. The lowest BCUT2D eigenvalue weighted by Crippen LogP contribution is -2.36. The third kappa shape index (κ3) is 7.98. The number of benzene rings is 2. The molecule has 0 bridgehead atoms. The lowest BCUT2D eigenvalue weighted by Gasteiger charge is -2.27. The van der Waals surface area contributed by atoms with E-state index < -0.39 is 40.5 Å². The Labute approximate surface area is 261 Å². The van der Waals surface area contributed by atoms with Crippen LogP contribution in [0.25, 0.3) is 0 Å². The number of terminal acetylenes is 1. The van der Waals surface area contributed by atoms with Gasteiger partial charge in [0, 0.05) is 32.6 Å². The largest absolute Gasteiger partial charge is 0.480 e. The van der Waals surface area contributed by atoms with Gasteiger partial charge in [-0.2, -0.15) is 4.98 Å². The Morgan fingerprint density at radius 2 is 1.76 bits per heavy atom. The number of nitrogens with zero attached hydrogens (tertiary/aromatic N) is 5. The van der Waals surface area contributed by atoms with Gasteiger partial charge in [-0.3, -0.25) is 0 Å². The van der Waals surface area contributed by atoms with Gasteiger partial charge in [-0.15, -0.1) is 6.42 Å². The molecule has 1 aromatic heterocycles. The number of sulfonamides is 1. The maximum Gasteiger partial charge on any atom is 0.415 e. The number of likely N-dealkylation sites (tertiary alicyclic amines) is 1. The van der Waals surface area contributed by atoms with Gasteiger partial charge < -0.3 is 25.0 Å². The van der Waals surface area contributed by atoms with Crippen molar-refractivity contribution in [1.82, 2.24) is 14.9 Å². The Morgan fingerprint density at radius 1 is 1.11 bits per heavy atom. The van der Waals surface area contributed by atoms with Crippen molar-refractivity contribution in [2.75, 3.05) is 47.2 Å². The molecule has 12 nitrogen and oxygen atoms in total. The van der Waals surface area contributed by atoms with Gasteiger partial charge in [0.15, 0.2) is 5.82 Å². The van der Waals surface area contributed by atoms with Crippen molar-refractivity contribution in [3.63, 3.8) is 0 Å². The minimum absolute atomic E-state index is 0.0282. The summed E-state index contributed by atoms with van der Waals surface area (Å²) in [6.07, 6.45) is 8.22. The number of carbonyl (C=O) groups excluding carboxylic acids is 1. The van der Waals surface area contributed by atoms with Crippen LogP contribution in [0.1, 0.15) is 32.3 Å². The maximum atomic E-state index is 13.7. The van der Waals surface area contributed by atoms with Crippen molar-refractivity contribution in [2.45, 2.75) is 44.0 Å². The molecule has 0 saturated carbocycles. The Hall–Kier alpha value is -4.90. The lowest BCUT2D eigenvalue weighted by molar-refractivity contribution is -0.137. The van der Waals surface area contributed by atoms with Crippen molar-refractivity contribution in [1.29, 1.82) is 0 Å². The number of hydrogen-bond donors (Lipinski definition) is 2. The summed E-state index contributed by atoms with van der Waals surface area (Å²) in [5.41, 5.74) is 0.526. The predicted octanol–water partition coefficient (Wildman–Crippen LogP) is 3.99. The molecule has 238 valence electrons.